The molecule has 228 valence electrons. The van der Waals surface area contributed by atoms with Crippen LogP contribution in [0.1, 0.15) is 22.3 Å². The third kappa shape index (κ3) is 3.90. The van der Waals surface area contributed by atoms with Crippen molar-refractivity contribution in [1.29, 1.82) is 0 Å². The first-order chi connectivity index (χ1) is 24.4. The van der Waals surface area contributed by atoms with E-state index in [1.54, 1.807) is 0 Å². The first kappa shape index (κ1) is 27.8. The highest BCUT2D eigenvalue weighted by Crippen LogP contribution is 2.59. The molecule has 9 aromatic rings. The molecule has 0 atom stereocenters. The SMILES string of the molecule is c1ccc(C2(c3ccccc3)c3ccccc3-c3cccc4c(-c5ccc(-c6ccccn6)c6ccccc56)c5ccccc5c2c34)cc1. The van der Waals surface area contributed by atoms with Gasteiger partial charge in [-0.25, -0.2) is 0 Å². The summed E-state index contributed by atoms with van der Waals surface area (Å²) in [5.74, 6) is 0. The molecule has 1 aliphatic carbocycles. The second kappa shape index (κ2) is 10.9. The third-order valence-electron chi connectivity index (χ3n) is 10.6. The topological polar surface area (TPSA) is 12.9 Å². The average Bonchev–Trinajstić information content (AvgIpc) is 3.19. The average molecular weight is 622 g/mol. The molecule has 0 aliphatic heterocycles. The number of pyridine rings is 1. The zero-order valence-electron chi connectivity index (χ0n) is 26.8. The maximum absolute atomic E-state index is 4.74. The quantitative estimate of drug-likeness (QED) is 0.178. The molecule has 10 rings (SSSR count). The lowest BCUT2D eigenvalue weighted by atomic mass is 9.58. The molecule has 0 unspecified atom stereocenters. The van der Waals surface area contributed by atoms with Crippen LogP contribution in [0.5, 0.6) is 0 Å². The molecule has 0 fully saturated rings. The summed E-state index contributed by atoms with van der Waals surface area (Å²) in [5.41, 5.74) is 11.9. The molecule has 0 bridgehead atoms. The van der Waals surface area contributed by atoms with Gasteiger partial charge in [0, 0.05) is 11.8 Å². The van der Waals surface area contributed by atoms with Crippen molar-refractivity contribution in [1.82, 2.24) is 4.98 Å². The van der Waals surface area contributed by atoms with Gasteiger partial charge < -0.3 is 0 Å². The van der Waals surface area contributed by atoms with Gasteiger partial charge in [-0.1, -0.05) is 170 Å². The van der Waals surface area contributed by atoms with Crippen LogP contribution in [0.4, 0.5) is 0 Å². The lowest BCUT2D eigenvalue weighted by Gasteiger charge is -2.43. The van der Waals surface area contributed by atoms with Crippen LogP contribution in [0.2, 0.25) is 0 Å². The Kier molecular flexibility index (Phi) is 6.16. The van der Waals surface area contributed by atoms with Crippen molar-refractivity contribution >= 4 is 32.3 Å². The fourth-order valence-electron chi connectivity index (χ4n) is 8.72. The number of fused-ring (bicyclic) bond motifs is 5. The molecule has 49 heavy (non-hydrogen) atoms. The Hall–Kier alpha value is -6.31. The highest BCUT2D eigenvalue weighted by Gasteiger charge is 2.45. The normalized spacial score (nSPS) is 13.1. The van der Waals surface area contributed by atoms with Gasteiger partial charge in [0.2, 0.25) is 0 Å². The molecule has 1 aromatic heterocycles. The van der Waals surface area contributed by atoms with Crippen LogP contribution in [-0.2, 0) is 5.41 Å². The van der Waals surface area contributed by atoms with E-state index in [-0.39, 0.29) is 0 Å². The molecular weight excluding hydrogens is 591 g/mol. The van der Waals surface area contributed by atoms with Crippen LogP contribution < -0.4 is 0 Å². The first-order valence-corrected chi connectivity index (χ1v) is 17.0. The summed E-state index contributed by atoms with van der Waals surface area (Å²) in [4.78, 5) is 4.74. The maximum Gasteiger partial charge on any atom is 0.0719 e. The molecular formula is C48H31N. The van der Waals surface area contributed by atoms with Crippen molar-refractivity contribution in [2.75, 3.05) is 0 Å². The minimum Gasteiger partial charge on any atom is -0.256 e. The van der Waals surface area contributed by atoms with Crippen LogP contribution >= 0.6 is 0 Å². The summed E-state index contributed by atoms with van der Waals surface area (Å²) in [7, 11) is 0. The Morgan fingerprint density at radius 2 is 0.898 bits per heavy atom. The van der Waals surface area contributed by atoms with Crippen LogP contribution in [0.3, 0.4) is 0 Å². The number of benzene rings is 8. The second-order valence-electron chi connectivity index (χ2n) is 13.0. The Labute approximate surface area is 285 Å². The molecule has 0 N–H and O–H groups in total. The number of aromatic nitrogens is 1. The summed E-state index contributed by atoms with van der Waals surface area (Å²) in [5, 5.41) is 7.56. The molecule has 0 saturated carbocycles. The van der Waals surface area contributed by atoms with Gasteiger partial charge >= 0.3 is 0 Å². The van der Waals surface area contributed by atoms with Gasteiger partial charge in [-0.05, 0) is 89.0 Å². The van der Waals surface area contributed by atoms with Crippen molar-refractivity contribution in [3.05, 3.63) is 210 Å². The number of hydrogen-bond acceptors (Lipinski definition) is 1. The van der Waals surface area contributed by atoms with Gasteiger partial charge in [0.1, 0.15) is 0 Å². The minimum atomic E-state index is -0.533. The van der Waals surface area contributed by atoms with Gasteiger partial charge in [0.25, 0.3) is 0 Å². The van der Waals surface area contributed by atoms with Crippen molar-refractivity contribution < 1.29 is 0 Å². The van der Waals surface area contributed by atoms with Crippen molar-refractivity contribution in [2.24, 2.45) is 0 Å². The van der Waals surface area contributed by atoms with Crippen LogP contribution in [0.25, 0.3) is 65.8 Å². The summed E-state index contributed by atoms with van der Waals surface area (Å²) in [6, 6.07) is 66.9. The van der Waals surface area contributed by atoms with E-state index in [0.717, 1.165) is 11.3 Å². The van der Waals surface area contributed by atoms with Gasteiger partial charge in [0.15, 0.2) is 0 Å². The highest BCUT2D eigenvalue weighted by molar-refractivity contribution is 6.24. The third-order valence-corrected chi connectivity index (χ3v) is 10.6. The van der Waals surface area contributed by atoms with E-state index >= 15 is 0 Å². The van der Waals surface area contributed by atoms with E-state index in [4.69, 9.17) is 4.98 Å². The molecule has 8 aromatic carbocycles. The summed E-state index contributed by atoms with van der Waals surface area (Å²) in [6.45, 7) is 0. The predicted molar refractivity (Wildman–Crippen MR) is 205 cm³/mol. The lowest BCUT2D eigenvalue weighted by molar-refractivity contribution is 0.757. The van der Waals surface area contributed by atoms with Crippen LogP contribution in [0, 0.1) is 0 Å². The molecule has 0 amide bonds. The van der Waals surface area contributed by atoms with E-state index < -0.39 is 5.41 Å². The zero-order chi connectivity index (χ0) is 32.4. The monoisotopic (exact) mass is 621 g/mol. The van der Waals surface area contributed by atoms with Crippen molar-refractivity contribution in [3.8, 4) is 33.5 Å². The van der Waals surface area contributed by atoms with Crippen molar-refractivity contribution in [3.63, 3.8) is 0 Å². The Balaban J connectivity index is 1.42. The molecule has 1 heterocycles. The maximum atomic E-state index is 4.74. The van der Waals surface area contributed by atoms with Gasteiger partial charge in [-0.15, -0.1) is 0 Å². The van der Waals surface area contributed by atoms with E-state index in [9.17, 15) is 0 Å². The van der Waals surface area contributed by atoms with Crippen LogP contribution in [0.15, 0.2) is 188 Å². The molecule has 1 heteroatoms. The molecule has 1 aliphatic rings. The largest absolute Gasteiger partial charge is 0.256 e. The van der Waals surface area contributed by atoms with Gasteiger partial charge in [-0.3, -0.25) is 4.98 Å². The van der Waals surface area contributed by atoms with E-state index in [1.807, 2.05) is 12.3 Å². The molecule has 0 spiro atoms. The second-order valence-corrected chi connectivity index (χ2v) is 13.0. The highest BCUT2D eigenvalue weighted by atomic mass is 14.7. The zero-order valence-corrected chi connectivity index (χ0v) is 26.8. The predicted octanol–water partition coefficient (Wildman–Crippen LogP) is 12.2. The van der Waals surface area contributed by atoms with Crippen LogP contribution in [-0.4, -0.2) is 4.98 Å². The standard InChI is InChI=1S/C48H31N/c1-3-16-32(17-4-1)48(33-18-5-2-6-19-33)43-27-12-11-22-36(43)38-25-15-26-42-45(39-23-9-10-24-41(39)47(48)46(38)42)40-30-29-37(44-28-13-14-31-49-44)34-20-7-8-21-35(34)40/h1-31H. The first-order valence-electron chi connectivity index (χ1n) is 17.0. The van der Waals surface area contributed by atoms with E-state index in [2.05, 4.69) is 176 Å². The fraction of sp³-hybridized carbons (Fsp3) is 0.0208. The Bertz CT molecular complexity index is 2650. The summed E-state index contributed by atoms with van der Waals surface area (Å²) in [6.07, 6.45) is 1.88. The number of rotatable bonds is 4. The summed E-state index contributed by atoms with van der Waals surface area (Å²) < 4.78 is 0. The number of hydrogen-bond donors (Lipinski definition) is 0. The fourth-order valence-corrected chi connectivity index (χ4v) is 8.72. The van der Waals surface area contributed by atoms with Gasteiger partial charge in [0.05, 0.1) is 11.1 Å². The Morgan fingerprint density at radius 3 is 1.61 bits per heavy atom. The van der Waals surface area contributed by atoms with Crippen molar-refractivity contribution in [2.45, 2.75) is 5.41 Å². The summed E-state index contributed by atoms with van der Waals surface area (Å²) >= 11 is 0. The van der Waals surface area contributed by atoms with Gasteiger partial charge in [-0.2, -0.15) is 0 Å². The molecule has 0 saturated heterocycles. The minimum absolute atomic E-state index is 0.533. The number of nitrogens with zero attached hydrogens (tertiary/aromatic N) is 1. The lowest BCUT2D eigenvalue weighted by Crippen LogP contribution is -2.34. The Morgan fingerprint density at radius 1 is 0.347 bits per heavy atom. The smallest absolute Gasteiger partial charge is 0.0719 e. The van der Waals surface area contributed by atoms with E-state index in [1.165, 1.54) is 76.8 Å². The molecule has 0 radical (unpaired) electrons. The van der Waals surface area contributed by atoms with E-state index in [0.29, 0.717) is 0 Å². The molecule has 1 nitrogen and oxygen atoms in total.